The summed E-state index contributed by atoms with van der Waals surface area (Å²) < 4.78 is 43.5. The van der Waals surface area contributed by atoms with Gasteiger partial charge in [0, 0.05) is 25.1 Å². The highest BCUT2D eigenvalue weighted by molar-refractivity contribution is 5.89. The van der Waals surface area contributed by atoms with Crippen molar-refractivity contribution in [3.63, 3.8) is 0 Å². The molecule has 1 N–H and O–H groups in total. The number of amides is 2. The first-order valence-electron chi connectivity index (χ1n) is 9.18. The van der Waals surface area contributed by atoms with Crippen molar-refractivity contribution in [3.05, 3.63) is 29.8 Å². The topological polar surface area (TPSA) is 58.6 Å². The number of halogens is 3. The summed E-state index contributed by atoms with van der Waals surface area (Å²) in [6, 6.07) is 7.40. The van der Waals surface area contributed by atoms with Crippen molar-refractivity contribution in [1.29, 1.82) is 0 Å². The summed E-state index contributed by atoms with van der Waals surface area (Å²) in [6.07, 6.45) is -0.147. The number of benzene rings is 1. The van der Waals surface area contributed by atoms with Crippen molar-refractivity contribution in [2.45, 2.75) is 50.9 Å². The van der Waals surface area contributed by atoms with Crippen molar-refractivity contribution in [2.75, 3.05) is 13.1 Å². The molecular formula is C19H23F3N2O3. The molecule has 2 aliphatic rings. The Balaban J connectivity index is 1.54. The van der Waals surface area contributed by atoms with Gasteiger partial charge in [0.1, 0.15) is 12.3 Å². The summed E-state index contributed by atoms with van der Waals surface area (Å²) in [5, 5.41) is 2.73. The van der Waals surface area contributed by atoms with Crippen LogP contribution >= 0.6 is 0 Å². The second kappa shape index (κ2) is 8.19. The number of nitrogens with one attached hydrogen (secondary N) is 1. The normalized spacial score (nSPS) is 20.9. The van der Waals surface area contributed by atoms with Crippen LogP contribution in [0.25, 0.3) is 0 Å². The van der Waals surface area contributed by atoms with Crippen LogP contribution in [0.15, 0.2) is 24.3 Å². The fraction of sp³-hybridized carbons (Fsp3) is 0.579. The number of likely N-dealkylation sites (tertiary alicyclic amines) is 1. The zero-order valence-electron chi connectivity index (χ0n) is 14.9. The molecule has 27 heavy (non-hydrogen) atoms. The molecule has 1 heterocycles. The molecule has 0 radical (unpaired) electrons. The lowest BCUT2D eigenvalue weighted by atomic mass is 10.1. The first-order chi connectivity index (χ1) is 12.8. The van der Waals surface area contributed by atoms with Gasteiger partial charge in [-0.3, -0.25) is 9.59 Å². The molecule has 0 aromatic heterocycles. The third-order valence-electron chi connectivity index (χ3n) is 4.98. The van der Waals surface area contributed by atoms with Crippen LogP contribution in [-0.4, -0.2) is 42.1 Å². The van der Waals surface area contributed by atoms with Gasteiger partial charge >= 0.3 is 6.18 Å². The molecule has 2 fully saturated rings. The van der Waals surface area contributed by atoms with Gasteiger partial charge in [0.25, 0.3) is 0 Å². The number of nitrogens with zero attached hydrogens (tertiary/aromatic N) is 1. The molecule has 1 aliphatic carbocycles. The molecule has 1 atom stereocenters. The van der Waals surface area contributed by atoms with Crippen molar-refractivity contribution >= 4 is 11.8 Å². The van der Waals surface area contributed by atoms with Gasteiger partial charge in [0.05, 0.1) is 12.0 Å². The molecule has 148 valence electrons. The quantitative estimate of drug-likeness (QED) is 0.820. The van der Waals surface area contributed by atoms with Gasteiger partial charge in [0.15, 0.2) is 0 Å². The first kappa shape index (κ1) is 19.5. The van der Waals surface area contributed by atoms with E-state index in [4.69, 9.17) is 4.74 Å². The van der Waals surface area contributed by atoms with Crippen molar-refractivity contribution < 1.29 is 27.5 Å². The van der Waals surface area contributed by atoms with Gasteiger partial charge in [-0.2, -0.15) is 13.2 Å². The molecular weight excluding hydrogens is 361 g/mol. The van der Waals surface area contributed by atoms with Gasteiger partial charge in [0.2, 0.25) is 11.8 Å². The first-order valence-corrected chi connectivity index (χ1v) is 9.18. The Labute approximate surface area is 155 Å². The van der Waals surface area contributed by atoms with Crippen LogP contribution in [0.4, 0.5) is 13.2 Å². The van der Waals surface area contributed by atoms with Crippen molar-refractivity contribution in [2.24, 2.45) is 5.92 Å². The number of rotatable bonds is 6. The Kier molecular flexibility index (Phi) is 5.92. The third-order valence-corrected chi connectivity index (χ3v) is 4.98. The highest BCUT2D eigenvalue weighted by Gasteiger charge is 2.40. The Hall–Kier alpha value is -2.25. The van der Waals surface area contributed by atoms with Crippen LogP contribution in [0.1, 0.15) is 37.7 Å². The van der Waals surface area contributed by atoms with E-state index in [-0.39, 0.29) is 25.6 Å². The fourth-order valence-electron chi connectivity index (χ4n) is 3.59. The van der Waals surface area contributed by atoms with Gasteiger partial charge in [-0.1, -0.05) is 18.2 Å². The van der Waals surface area contributed by atoms with Gasteiger partial charge < -0.3 is 15.0 Å². The van der Waals surface area contributed by atoms with E-state index in [0.717, 1.165) is 31.2 Å². The Bertz CT molecular complexity index is 687. The number of hydrogen-bond donors (Lipinski definition) is 1. The van der Waals surface area contributed by atoms with Gasteiger partial charge in [-0.25, -0.2) is 0 Å². The molecule has 2 amide bonds. The minimum Gasteiger partial charge on any atom is -0.490 e. The maximum Gasteiger partial charge on any atom is 0.406 e. The van der Waals surface area contributed by atoms with E-state index < -0.39 is 30.5 Å². The number of carbonyl (C=O) groups is 2. The summed E-state index contributed by atoms with van der Waals surface area (Å²) in [5.41, 5.74) is 0.814. The maximum absolute atomic E-state index is 12.5. The van der Waals surface area contributed by atoms with E-state index >= 15 is 0 Å². The molecule has 1 aromatic carbocycles. The molecule has 1 aromatic rings. The average Bonchev–Trinajstić information content (AvgIpc) is 3.23. The molecule has 8 heteroatoms. The van der Waals surface area contributed by atoms with Gasteiger partial charge in [-0.15, -0.1) is 0 Å². The highest BCUT2D eigenvalue weighted by Crippen LogP contribution is 2.27. The zero-order valence-corrected chi connectivity index (χ0v) is 14.9. The van der Waals surface area contributed by atoms with E-state index in [1.54, 1.807) is 0 Å². The molecule has 0 spiro atoms. The lowest BCUT2D eigenvalue weighted by Gasteiger charge is -2.19. The SMILES string of the molecule is O=C(NCc1ccccc1OC1CCCC1)[C@@H]1CC(=O)N(CC(F)(F)F)C1. The minimum absolute atomic E-state index is 0.185. The largest absolute Gasteiger partial charge is 0.490 e. The Morgan fingerprint density at radius 1 is 1.22 bits per heavy atom. The van der Waals surface area contributed by atoms with E-state index in [1.165, 1.54) is 0 Å². The second-order valence-corrected chi connectivity index (χ2v) is 7.14. The Morgan fingerprint density at radius 3 is 2.63 bits per heavy atom. The monoisotopic (exact) mass is 384 g/mol. The fourth-order valence-corrected chi connectivity index (χ4v) is 3.59. The second-order valence-electron chi connectivity index (χ2n) is 7.14. The number of hydrogen-bond acceptors (Lipinski definition) is 3. The van der Waals surface area contributed by atoms with Crippen LogP contribution in [0.3, 0.4) is 0 Å². The highest BCUT2D eigenvalue weighted by atomic mass is 19.4. The zero-order chi connectivity index (χ0) is 19.4. The molecule has 3 rings (SSSR count). The molecule has 1 aliphatic heterocycles. The predicted octanol–water partition coefficient (Wildman–Crippen LogP) is 3.04. The lowest BCUT2D eigenvalue weighted by Crippen LogP contribution is -2.37. The van der Waals surface area contributed by atoms with E-state index in [1.807, 2.05) is 24.3 Å². The molecule has 0 bridgehead atoms. The maximum atomic E-state index is 12.5. The standard InChI is InChI=1S/C19H23F3N2O3/c20-19(21,22)12-24-11-14(9-17(24)25)18(26)23-10-13-5-1-4-8-16(13)27-15-6-2-3-7-15/h1,4-5,8,14-15H,2-3,6-7,9-12H2,(H,23,26)/t14-/m1/s1. The lowest BCUT2D eigenvalue weighted by molar-refractivity contribution is -0.157. The van der Waals surface area contributed by atoms with Crippen LogP contribution in [-0.2, 0) is 16.1 Å². The summed E-state index contributed by atoms with van der Waals surface area (Å²) >= 11 is 0. The summed E-state index contributed by atoms with van der Waals surface area (Å²) in [7, 11) is 0. The van der Waals surface area contributed by atoms with Crippen molar-refractivity contribution in [1.82, 2.24) is 10.2 Å². The Morgan fingerprint density at radius 2 is 1.93 bits per heavy atom. The molecule has 5 nitrogen and oxygen atoms in total. The third kappa shape index (κ3) is 5.37. The summed E-state index contributed by atoms with van der Waals surface area (Å²) in [4.78, 5) is 24.7. The minimum atomic E-state index is -4.46. The van der Waals surface area contributed by atoms with E-state index in [2.05, 4.69) is 5.32 Å². The van der Waals surface area contributed by atoms with E-state index in [9.17, 15) is 22.8 Å². The molecule has 1 saturated heterocycles. The molecule has 1 saturated carbocycles. The smallest absolute Gasteiger partial charge is 0.406 e. The summed E-state index contributed by atoms with van der Waals surface area (Å²) in [5.74, 6) is -1.10. The number of carbonyl (C=O) groups excluding carboxylic acids is 2. The van der Waals surface area contributed by atoms with E-state index in [0.29, 0.717) is 10.6 Å². The number of ether oxygens (including phenoxy) is 1. The van der Waals surface area contributed by atoms with Crippen LogP contribution in [0.2, 0.25) is 0 Å². The van der Waals surface area contributed by atoms with Crippen molar-refractivity contribution in [3.8, 4) is 5.75 Å². The van der Waals surface area contributed by atoms with Gasteiger partial charge in [-0.05, 0) is 31.7 Å². The predicted molar refractivity (Wildman–Crippen MR) is 91.9 cm³/mol. The molecule has 0 unspecified atom stereocenters. The summed E-state index contributed by atoms with van der Waals surface area (Å²) in [6.45, 7) is -1.30. The van der Waals surface area contributed by atoms with Crippen LogP contribution in [0.5, 0.6) is 5.75 Å². The van der Waals surface area contributed by atoms with Crippen LogP contribution in [0, 0.1) is 5.92 Å². The van der Waals surface area contributed by atoms with Crippen LogP contribution < -0.4 is 10.1 Å². The average molecular weight is 384 g/mol. The number of para-hydroxylation sites is 1. The number of alkyl halides is 3.